The maximum atomic E-state index is 4.71. The highest BCUT2D eigenvalue weighted by atomic mass is 15.1. The Morgan fingerprint density at radius 1 is 0.925 bits per heavy atom. The van der Waals surface area contributed by atoms with E-state index in [2.05, 4.69) is 119 Å². The first kappa shape index (κ1) is 25.3. The molecule has 6 aromatic rings. The molecule has 6 rings (SSSR count). The number of H-pyrrole nitrogens is 2. The van der Waals surface area contributed by atoms with E-state index in [4.69, 9.17) is 5.10 Å². The molecule has 5 nitrogen and oxygen atoms in total. The van der Waals surface area contributed by atoms with Gasteiger partial charge in [-0.05, 0) is 65.1 Å². The highest BCUT2D eigenvalue weighted by Gasteiger charge is 2.14. The quantitative estimate of drug-likeness (QED) is 0.168. The van der Waals surface area contributed by atoms with Crippen LogP contribution in [0.3, 0.4) is 0 Å². The number of aromatic nitrogens is 4. The molecular formula is C35H31N5. The van der Waals surface area contributed by atoms with Crippen LogP contribution in [0.15, 0.2) is 128 Å². The highest BCUT2D eigenvalue weighted by Crippen LogP contribution is 2.34. The van der Waals surface area contributed by atoms with Crippen LogP contribution in [0.4, 0.5) is 0 Å². The molecule has 0 aliphatic rings. The Morgan fingerprint density at radius 2 is 1.82 bits per heavy atom. The molecule has 0 unspecified atom stereocenters. The summed E-state index contributed by atoms with van der Waals surface area (Å²) < 4.78 is 0. The number of allylic oxidation sites excluding steroid dienone is 3. The number of hydrogen-bond donors (Lipinski definition) is 3. The van der Waals surface area contributed by atoms with Gasteiger partial charge in [-0.3, -0.25) is 10.1 Å². The first-order valence-corrected chi connectivity index (χ1v) is 13.5. The molecule has 0 saturated carbocycles. The standard InChI is InChI=1S/C35H31N5/c1-3-24(21-37-22-25-10-6-5-7-11-25)18-26(4-2)27-15-16-33-31(19-27)35(40-39-33)34-20-30-29(13-8-14-32(30)38-34)28-12-9-17-36-23-28/h3-20,23,37-38H,1,21-22H2,2H3,(H,39,40)/b24-18+,26-4+. The molecule has 196 valence electrons. The van der Waals surface area contributed by atoms with Crippen molar-refractivity contribution in [1.29, 1.82) is 0 Å². The minimum atomic E-state index is 0.739. The molecule has 40 heavy (non-hydrogen) atoms. The van der Waals surface area contributed by atoms with E-state index in [9.17, 15) is 0 Å². The summed E-state index contributed by atoms with van der Waals surface area (Å²) in [5, 5.41) is 13.7. The van der Waals surface area contributed by atoms with Gasteiger partial charge in [0, 0.05) is 47.3 Å². The predicted octanol–water partition coefficient (Wildman–Crippen LogP) is 8.08. The smallest absolute Gasteiger partial charge is 0.116 e. The highest BCUT2D eigenvalue weighted by molar-refractivity contribution is 6.01. The summed E-state index contributed by atoms with van der Waals surface area (Å²) in [7, 11) is 0. The summed E-state index contributed by atoms with van der Waals surface area (Å²) in [5.41, 5.74) is 10.9. The third kappa shape index (κ3) is 5.15. The van der Waals surface area contributed by atoms with E-state index in [1.807, 2.05) is 24.4 Å². The van der Waals surface area contributed by atoms with Gasteiger partial charge in [-0.1, -0.05) is 79.4 Å². The van der Waals surface area contributed by atoms with Crippen LogP contribution in [0, 0.1) is 0 Å². The Bertz CT molecular complexity index is 1840. The Hall–Kier alpha value is -5.00. The first-order valence-electron chi connectivity index (χ1n) is 13.5. The van der Waals surface area contributed by atoms with Gasteiger partial charge in [0.05, 0.1) is 11.2 Å². The topological polar surface area (TPSA) is 69.4 Å². The van der Waals surface area contributed by atoms with Crippen molar-refractivity contribution >= 4 is 27.4 Å². The van der Waals surface area contributed by atoms with Gasteiger partial charge in [-0.25, -0.2) is 0 Å². The summed E-state index contributed by atoms with van der Waals surface area (Å²) in [5.74, 6) is 0. The number of nitrogens with one attached hydrogen (secondary N) is 3. The number of aromatic amines is 2. The molecule has 3 aromatic heterocycles. The summed E-state index contributed by atoms with van der Waals surface area (Å²) in [6.45, 7) is 7.68. The average Bonchev–Trinajstić information content (AvgIpc) is 3.63. The van der Waals surface area contributed by atoms with Crippen molar-refractivity contribution < 1.29 is 0 Å². The van der Waals surface area contributed by atoms with Crippen molar-refractivity contribution in [1.82, 2.24) is 25.5 Å². The van der Waals surface area contributed by atoms with E-state index >= 15 is 0 Å². The summed E-state index contributed by atoms with van der Waals surface area (Å²) in [6, 6.07) is 29.4. The zero-order chi connectivity index (χ0) is 27.3. The normalized spacial score (nSPS) is 12.3. The van der Waals surface area contributed by atoms with E-state index < -0.39 is 0 Å². The number of nitrogens with zero attached hydrogens (tertiary/aromatic N) is 2. The molecule has 0 spiro atoms. The summed E-state index contributed by atoms with van der Waals surface area (Å²) >= 11 is 0. The Balaban J connectivity index is 1.31. The Kier molecular flexibility index (Phi) is 7.20. The molecule has 0 atom stereocenters. The lowest BCUT2D eigenvalue weighted by Gasteiger charge is -2.09. The average molecular weight is 522 g/mol. The molecule has 3 heterocycles. The minimum Gasteiger partial charge on any atom is -0.353 e. The molecule has 5 heteroatoms. The van der Waals surface area contributed by atoms with Crippen molar-refractivity contribution in [2.75, 3.05) is 6.54 Å². The zero-order valence-electron chi connectivity index (χ0n) is 22.5. The first-order chi connectivity index (χ1) is 19.7. The third-order valence-electron chi connectivity index (χ3n) is 7.20. The van der Waals surface area contributed by atoms with Crippen molar-refractivity contribution in [2.24, 2.45) is 0 Å². The lowest BCUT2D eigenvalue weighted by atomic mass is 9.99. The van der Waals surface area contributed by atoms with Crippen molar-refractivity contribution in [2.45, 2.75) is 13.5 Å². The van der Waals surface area contributed by atoms with E-state index in [0.717, 1.165) is 74.1 Å². The molecule has 0 aliphatic carbocycles. The van der Waals surface area contributed by atoms with Gasteiger partial charge in [-0.15, -0.1) is 0 Å². The van der Waals surface area contributed by atoms with Crippen molar-refractivity contribution in [3.63, 3.8) is 0 Å². The van der Waals surface area contributed by atoms with Crippen LogP contribution in [0.25, 0.3) is 49.9 Å². The largest absolute Gasteiger partial charge is 0.353 e. The molecule has 3 N–H and O–H groups in total. The molecular weight excluding hydrogens is 490 g/mol. The van der Waals surface area contributed by atoms with Gasteiger partial charge in [0.25, 0.3) is 0 Å². The van der Waals surface area contributed by atoms with Crippen LogP contribution < -0.4 is 5.32 Å². The maximum absolute atomic E-state index is 4.71. The van der Waals surface area contributed by atoms with E-state index in [1.165, 1.54) is 5.56 Å². The van der Waals surface area contributed by atoms with Crippen LogP contribution >= 0.6 is 0 Å². The lowest BCUT2D eigenvalue weighted by Crippen LogP contribution is -2.15. The molecule has 3 aromatic carbocycles. The van der Waals surface area contributed by atoms with Crippen molar-refractivity contribution in [3.05, 3.63) is 139 Å². The van der Waals surface area contributed by atoms with E-state index in [-0.39, 0.29) is 0 Å². The van der Waals surface area contributed by atoms with Gasteiger partial charge in [0.15, 0.2) is 0 Å². The number of fused-ring (bicyclic) bond motifs is 2. The Labute approximate surface area is 234 Å². The SMILES string of the molecule is C=C/C(=C\C(=C/C)c1ccc2[nH]nc(-c3cc4c(-c5cccnc5)cccc4[nH]3)c2c1)CNCc1ccccc1. The monoisotopic (exact) mass is 521 g/mol. The second-order valence-electron chi connectivity index (χ2n) is 9.78. The number of rotatable bonds is 9. The number of benzene rings is 3. The van der Waals surface area contributed by atoms with Gasteiger partial charge >= 0.3 is 0 Å². The second-order valence-corrected chi connectivity index (χ2v) is 9.78. The van der Waals surface area contributed by atoms with Gasteiger partial charge in [0.2, 0.25) is 0 Å². The minimum absolute atomic E-state index is 0.739. The molecule has 0 amide bonds. The summed E-state index contributed by atoms with van der Waals surface area (Å²) in [6.07, 6.45) is 9.97. The third-order valence-corrected chi connectivity index (χ3v) is 7.20. The second kappa shape index (κ2) is 11.4. The number of hydrogen-bond acceptors (Lipinski definition) is 3. The van der Waals surface area contributed by atoms with Crippen LogP contribution in [0.1, 0.15) is 18.1 Å². The predicted molar refractivity (Wildman–Crippen MR) is 167 cm³/mol. The fraction of sp³-hybridized carbons (Fsp3) is 0.0857. The molecule has 0 aliphatic heterocycles. The van der Waals surface area contributed by atoms with E-state index in [0.29, 0.717) is 0 Å². The van der Waals surface area contributed by atoms with Gasteiger partial charge in [0.1, 0.15) is 5.69 Å². The van der Waals surface area contributed by atoms with Crippen LogP contribution in [0.2, 0.25) is 0 Å². The van der Waals surface area contributed by atoms with Gasteiger partial charge < -0.3 is 10.3 Å². The fourth-order valence-electron chi connectivity index (χ4n) is 5.12. The summed E-state index contributed by atoms with van der Waals surface area (Å²) in [4.78, 5) is 7.90. The van der Waals surface area contributed by atoms with Crippen molar-refractivity contribution in [3.8, 4) is 22.5 Å². The fourth-order valence-corrected chi connectivity index (χ4v) is 5.12. The van der Waals surface area contributed by atoms with Crippen LogP contribution in [-0.4, -0.2) is 26.7 Å². The maximum Gasteiger partial charge on any atom is 0.116 e. The van der Waals surface area contributed by atoms with Gasteiger partial charge in [-0.2, -0.15) is 5.10 Å². The molecule has 0 saturated heterocycles. The van der Waals surface area contributed by atoms with Crippen LogP contribution in [-0.2, 0) is 6.54 Å². The zero-order valence-corrected chi connectivity index (χ0v) is 22.5. The lowest BCUT2D eigenvalue weighted by molar-refractivity contribution is 0.747. The molecule has 0 radical (unpaired) electrons. The Morgan fingerprint density at radius 3 is 2.62 bits per heavy atom. The van der Waals surface area contributed by atoms with Crippen LogP contribution in [0.5, 0.6) is 0 Å². The van der Waals surface area contributed by atoms with E-state index in [1.54, 1.807) is 6.20 Å². The molecule has 0 fully saturated rings. The molecule has 0 bridgehead atoms. The number of pyridine rings is 1.